The quantitative estimate of drug-likeness (QED) is 0.158. The van der Waals surface area contributed by atoms with E-state index in [1.807, 2.05) is 0 Å². The Morgan fingerprint density at radius 1 is 0.151 bits per heavy atom. The van der Waals surface area contributed by atoms with E-state index in [1.165, 1.54) is 0 Å². The van der Waals surface area contributed by atoms with Gasteiger partial charge in [0.25, 0.3) is 0 Å². The predicted octanol–water partition coefficient (Wildman–Crippen LogP) is -5.24. The summed E-state index contributed by atoms with van der Waals surface area (Å²) in [6.45, 7) is 0. The zero-order chi connectivity index (χ0) is 4.50. The van der Waals surface area contributed by atoms with Crippen molar-refractivity contribution in [2.45, 2.75) is 0 Å². The third-order valence-electron chi connectivity index (χ3n) is 0. The van der Waals surface area contributed by atoms with Gasteiger partial charge in [-0.3, -0.25) is 0 Å². The molecular formula is H3Mo12O40P-72. The van der Waals surface area contributed by atoms with E-state index in [9.17, 15) is 0 Å². The Hall–Kier alpha value is 6.93. The molecule has 0 rings (SSSR count). The van der Waals surface area contributed by atoms with Gasteiger partial charge in [-0.05, 0) is 0 Å². The van der Waals surface area contributed by atoms with Crippen molar-refractivity contribution in [3.63, 3.8) is 0 Å². The van der Waals surface area contributed by atoms with Gasteiger partial charge in [0.2, 0.25) is 0 Å². The first kappa shape index (κ1) is 1740. The van der Waals surface area contributed by atoms with Gasteiger partial charge in [0.05, 0.1) is 0 Å². The first-order valence-corrected chi connectivity index (χ1v) is 2.35. The maximum atomic E-state index is 8.88. The fourth-order valence-corrected chi connectivity index (χ4v) is 0. The van der Waals surface area contributed by atoms with E-state index < -0.39 is 7.82 Å². The van der Waals surface area contributed by atoms with Crippen LogP contribution >= 0.6 is 7.82 Å². The summed E-state index contributed by atoms with van der Waals surface area (Å²) in [7, 11) is -4.64. The molecule has 0 atom stereocenters. The Bertz CT molecular complexity index is 93.9. The van der Waals surface area contributed by atoms with Gasteiger partial charge in [0.1, 0.15) is 0 Å². The Labute approximate surface area is 470 Å². The molecule has 0 fully saturated rings. The van der Waals surface area contributed by atoms with Crippen LogP contribution < -0.4 is 0 Å². The average molecular weight is 1830 g/mol. The second-order valence-corrected chi connectivity index (χ2v) is 1.54. The zero-order valence-corrected chi connectivity index (χ0v) is 46.8. The molecule has 0 aromatic carbocycles. The van der Waals surface area contributed by atoms with Gasteiger partial charge < -0.3 is 212 Å². The van der Waals surface area contributed by atoms with E-state index >= 15 is 0 Å². The molecular weight excluding hydrogens is 1820 g/mol. The Morgan fingerprint density at radius 3 is 0.151 bits per heavy atom. The van der Waals surface area contributed by atoms with E-state index in [-0.39, 0.29) is 450 Å². The molecule has 392 valence electrons. The van der Waals surface area contributed by atoms with Crippen LogP contribution in [0.3, 0.4) is 0 Å². The van der Waals surface area contributed by atoms with Crippen molar-refractivity contribution in [2.24, 2.45) is 0 Å². The molecule has 0 unspecified atom stereocenters. The van der Waals surface area contributed by atoms with E-state index in [4.69, 9.17) is 19.2 Å². The molecule has 0 aliphatic carbocycles. The predicted molar refractivity (Wildman–Crippen MR) is 39.0 cm³/mol. The van der Waals surface area contributed by atoms with Crippen molar-refractivity contribution in [2.75, 3.05) is 0 Å². The zero-order valence-electron chi connectivity index (χ0n) is 21.8. The van der Waals surface area contributed by atoms with E-state index in [1.54, 1.807) is 0 Å². The Morgan fingerprint density at radius 2 is 0.151 bits per heavy atom. The van der Waals surface area contributed by atoms with Gasteiger partial charge in [0, 0.05) is 253 Å². The second-order valence-electron chi connectivity index (χ2n) is 0.513. The van der Waals surface area contributed by atoms with Crippen LogP contribution in [0.25, 0.3) is 0 Å². The summed E-state index contributed by atoms with van der Waals surface area (Å²) >= 11 is 0. The van der Waals surface area contributed by atoms with Gasteiger partial charge >= 0.3 is 7.82 Å². The monoisotopic (exact) mass is 1850 g/mol. The smallest absolute Gasteiger partial charge is 0.466 e. The summed E-state index contributed by atoms with van der Waals surface area (Å²) < 4.78 is 8.88. The maximum Gasteiger partial charge on any atom is 0.466 e. The molecule has 0 aromatic heterocycles. The second kappa shape index (κ2) is 1180. The molecule has 0 spiro atoms. The summed E-state index contributed by atoms with van der Waals surface area (Å²) in [4.78, 5) is 21.6. The van der Waals surface area contributed by atoms with Crippen LogP contribution in [0.1, 0.15) is 0 Å². The first-order valence-electron chi connectivity index (χ1n) is 0.783. The summed E-state index contributed by atoms with van der Waals surface area (Å²) in [5.74, 6) is 0. The SMILES string of the molecule is O=P(O)(O)O.[Mo].[Mo].[Mo].[Mo].[Mo].[Mo].[Mo].[Mo].[Mo].[Mo].[Mo].[Mo].[O-2].[O-2].[O-2].[O-2].[O-2].[O-2].[O-2].[O-2].[O-2].[O-2].[O-2].[O-2].[O-2].[O-2].[O-2].[O-2].[O-2].[O-2].[O-2].[O-2].[O-2].[O-2].[O-2].[O-2].[O-2].[O-2].[O-2].[O-2].[O-2].[O-2].[O-2].[O-2].[O-2].[O-2].[O-2].[O-2]. The summed E-state index contributed by atoms with van der Waals surface area (Å²) in [6.07, 6.45) is 0. The van der Waals surface area contributed by atoms with Gasteiger partial charge in [-0.25, -0.2) is 4.57 Å². The molecule has 0 saturated heterocycles. The number of hydrogen-bond donors (Lipinski definition) is 3. The topological polar surface area (TPSA) is 1100 Å². The van der Waals surface area contributed by atoms with Crippen molar-refractivity contribution in [1.82, 2.24) is 0 Å². The van der Waals surface area contributed by atoms with Crippen molar-refractivity contribution in [3.8, 4) is 0 Å². The number of phosphoric acid groups is 1. The van der Waals surface area contributed by atoms with Crippen LogP contribution in [0.2, 0.25) is 0 Å². The molecule has 40 nitrogen and oxygen atoms in total. The van der Waals surface area contributed by atoms with Gasteiger partial charge in [-0.15, -0.1) is 0 Å². The summed E-state index contributed by atoms with van der Waals surface area (Å²) in [6, 6.07) is 0. The van der Waals surface area contributed by atoms with Crippen LogP contribution in [0, 0.1) is 0 Å². The molecule has 0 bridgehead atoms. The van der Waals surface area contributed by atoms with Crippen LogP contribution in [0.4, 0.5) is 0 Å². The van der Waals surface area contributed by atoms with Crippen molar-refractivity contribution in [3.05, 3.63) is 0 Å². The van der Waals surface area contributed by atoms with Crippen LogP contribution in [0.5, 0.6) is 0 Å². The third kappa shape index (κ3) is 3980. The molecule has 53 heteroatoms. The van der Waals surface area contributed by atoms with Crippen molar-refractivity contribution >= 4 is 7.82 Å². The minimum atomic E-state index is -4.64. The van der Waals surface area contributed by atoms with Crippen LogP contribution in [-0.4, -0.2) is 14.7 Å². The van der Waals surface area contributed by atoms with Crippen molar-refractivity contribution < 1.29 is 469 Å². The van der Waals surface area contributed by atoms with Crippen molar-refractivity contribution in [1.29, 1.82) is 0 Å². The number of hydrogen-bond acceptors (Lipinski definition) is 1. The fraction of sp³-hybridized carbons (Fsp3) is 0. The molecule has 0 aromatic rings. The molecule has 0 heterocycles. The van der Waals surface area contributed by atoms with E-state index in [2.05, 4.69) is 0 Å². The molecule has 0 saturated carbocycles. The van der Waals surface area contributed by atoms with Gasteiger partial charge in [-0.2, -0.15) is 0 Å². The summed E-state index contributed by atoms with van der Waals surface area (Å²) in [5, 5.41) is 0. The van der Waals surface area contributed by atoms with Gasteiger partial charge in [-0.1, -0.05) is 0 Å². The largest absolute Gasteiger partial charge is 2.00 e. The van der Waals surface area contributed by atoms with Gasteiger partial charge in [0.15, 0.2) is 0 Å². The molecule has 0 amide bonds. The molecule has 3 N–H and O–H groups in total. The average Bonchev–Trinajstić information content (AvgIpc) is 0.722. The Kier molecular flexibility index (Phi) is 38900. The molecule has 0 radical (unpaired) electrons. The van der Waals surface area contributed by atoms with Crippen LogP contribution in [0.15, 0.2) is 0 Å². The fourth-order valence-electron chi connectivity index (χ4n) is 0. The maximum absolute atomic E-state index is 8.88. The van der Waals surface area contributed by atoms with E-state index in [0.29, 0.717) is 0 Å². The molecule has 0 aliphatic heterocycles. The third-order valence-corrected chi connectivity index (χ3v) is 0. The van der Waals surface area contributed by atoms with E-state index in [0.717, 1.165) is 0 Å². The standard InChI is InChI=1S/12Mo.H3O4P.36O/c;;;;;;;;;;;;1-5(2,3)4;;;;;;;;;;;;;;;;;;;;;;;;;;;;;;;;;;;;/h;;;;;;;;;;;;(H3,1,2,3,4);;;;;;;;;;;;;;;;;;;;;;;;;;;;;;;;;;;;/q;;;;;;;;;;;;;36*-2. The molecule has 0 aliphatic rings. The summed E-state index contributed by atoms with van der Waals surface area (Å²) in [5.41, 5.74) is 0. The van der Waals surface area contributed by atoms with Crippen LogP contribution in [-0.2, 0) is 454 Å². The molecule has 53 heavy (non-hydrogen) atoms. The normalized spacial score (nSPS) is 1.11. The minimum Gasteiger partial charge on any atom is -2.00 e. The number of rotatable bonds is 0. The first-order chi connectivity index (χ1) is 2.00. The Balaban J connectivity index is -0.0000000000709. The minimum absolute atomic E-state index is 0.